The van der Waals surface area contributed by atoms with Crippen LogP contribution in [-0.4, -0.2) is 12.1 Å². The fourth-order valence-corrected chi connectivity index (χ4v) is 2.51. The second-order valence-electron chi connectivity index (χ2n) is 5.14. The highest BCUT2D eigenvalue weighted by Gasteiger charge is 2.36. The molecule has 92 valence electrons. The lowest BCUT2D eigenvalue weighted by molar-refractivity contribution is -0.137. The quantitative estimate of drug-likeness (QED) is 0.363. The summed E-state index contributed by atoms with van der Waals surface area (Å²) in [6.45, 7) is 8.14. The molecule has 0 spiro atoms. The molecule has 0 saturated carbocycles. The van der Waals surface area contributed by atoms with E-state index >= 15 is 0 Å². The Balaban J connectivity index is 2.24. The van der Waals surface area contributed by atoms with Crippen LogP contribution in [-0.2, 0) is 9.53 Å². The topological polar surface area (TPSA) is 26.3 Å². The van der Waals surface area contributed by atoms with Crippen LogP contribution in [0.15, 0.2) is 35.5 Å². The van der Waals surface area contributed by atoms with Gasteiger partial charge in [0.1, 0.15) is 6.10 Å². The maximum Gasteiger partial charge on any atom is 0.334 e. The molecule has 0 amide bonds. The molecule has 1 aliphatic carbocycles. The fourth-order valence-electron chi connectivity index (χ4n) is 2.51. The van der Waals surface area contributed by atoms with E-state index in [0.29, 0.717) is 5.57 Å². The van der Waals surface area contributed by atoms with Crippen molar-refractivity contribution < 1.29 is 9.53 Å². The summed E-state index contributed by atoms with van der Waals surface area (Å²) in [5.41, 5.74) is 3.35. The number of hydrogen-bond acceptors (Lipinski definition) is 2. The molecule has 1 aliphatic heterocycles. The second kappa shape index (κ2) is 4.91. The minimum Gasteiger partial charge on any atom is -0.454 e. The lowest BCUT2D eigenvalue weighted by Crippen LogP contribution is -2.15. The van der Waals surface area contributed by atoms with E-state index in [1.165, 1.54) is 11.1 Å². The number of esters is 1. The number of carbonyl (C=O) groups excluding carboxylic acids is 1. The van der Waals surface area contributed by atoms with Crippen molar-refractivity contribution in [2.75, 3.05) is 0 Å². The van der Waals surface area contributed by atoms with Gasteiger partial charge in [-0.15, -0.1) is 0 Å². The van der Waals surface area contributed by atoms with Gasteiger partial charge in [-0.2, -0.15) is 0 Å². The van der Waals surface area contributed by atoms with E-state index in [9.17, 15) is 4.79 Å². The molecule has 2 aliphatic rings. The molecule has 1 heterocycles. The molecule has 1 fully saturated rings. The smallest absolute Gasteiger partial charge is 0.334 e. The van der Waals surface area contributed by atoms with E-state index < -0.39 is 0 Å². The highest BCUT2D eigenvalue weighted by molar-refractivity contribution is 5.91. The molecular formula is C15H20O2. The molecule has 2 atom stereocenters. The summed E-state index contributed by atoms with van der Waals surface area (Å²) < 4.78 is 5.38. The van der Waals surface area contributed by atoms with Crippen LogP contribution >= 0.6 is 0 Å². The largest absolute Gasteiger partial charge is 0.454 e. The van der Waals surface area contributed by atoms with Gasteiger partial charge in [0.15, 0.2) is 0 Å². The maximum atomic E-state index is 11.6. The molecule has 1 unspecified atom stereocenters. The van der Waals surface area contributed by atoms with E-state index in [1.54, 1.807) is 0 Å². The van der Waals surface area contributed by atoms with Crippen LogP contribution in [0.25, 0.3) is 0 Å². The normalized spacial score (nSPS) is 36.4. The van der Waals surface area contributed by atoms with Crippen LogP contribution in [0.5, 0.6) is 0 Å². The zero-order valence-corrected chi connectivity index (χ0v) is 10.7. The molecule has 2 rings (SSSR count). The van der Waals surface area contributed by atoms with Gasteiger partial charge in [0, 0.05) is 11.5 Å². The van der Waals surface area contributed by atoms with E-state index in [0.717, 1.165) is 25.7 Å². The molecule has 1 saturated heterocycles. The van der Waals surface area contributed by atoms with Crippen molar-refractivity contribution in [2.45, 2.75) is 45.6 Å². The van der Waals surface area contributed by atoms with Crippen LogP contribution in [0.1, 0.15) is 39.5 Å². The monoisotopic (exact) mass is 232 g/mol. The Morgan fingerprint density at radius 3 is 2.82 bits per heavy atom. The molecule has 0 radical (unpaired) electrons. The van der Waals surface area contributed by atoms with E-state index in [1.807, 2.05) is 0 Å². The van der Waals surface area contributed by atoms with Gasteiger partial charge in [0.05, 0.1) is 0 Å². The van der Waals surface area contributed by atoms with Gasteiger partial charge in [0.25, 0.3) is 0 Å². The van der Waals surface area contributed by atoms with Crippen molar-refractivity contribution >= 4 is 5.97 Å². The van der Waals surface area contributed by atoms with E-state index in [2.05, 4.69) is 32.6 Å². The Hall–Kier alpha value is -1.31. The third-order valence-corrected chi connectivity index (χ3v) is 3.68. The predicted molar refractivity (Wildman–Crippen MR) is 68.5 cm³/mol. The first-order chi connectivity index (χ1) is 8.08. The first-order valence-electron chi connectivity index (χ1n) is 6.30. The minimum absolute atomic E-state index is 0.0825. The van der Waals surface area contributed by atoms with Crippen LogP contribution < -0.4 is 0 Å². The lowest BCUT2D eigenvalue weighted by atomic mass is 9.88. The van der Waals surface area contributed by atoms with Crippen LogP contribution in [0.2, 0.25) is 0 Å². The first-order valence-corrected chi connectivity index (χ1v) is 6.30. The Kier molecular flexibility index (Phi) is 3.51. The summed E-state index contributed by atoms with van der Waals surface area (Å²) in [4.78, 5) is 11.6. The molecule has 0 aromatic carbocycles. The van der Waals surface area contributed by atoms with Crippen LogP contribution in [0, 0.1) is 5.92 Å². The Morgan fingerprint density at radius 2 is 2.06 bits per heavy atom. The molecule has 0 bridgehead atoms. The number of allylic oxidation sites excluding steroid dienone is 3. The summed E-state index contributed by atoms with van der Waals surface area (Å²) in [7, 11) is 0. The Labute approximate surface area is 103 Å². The zero-order valence-electron chi connectivity index (χ0n) is 10.7. The third-order valence-electron chi connectivity index (χ3n) is 3.68. The highest BCUT2D eigenvalue weighted by atomic mass is 16.5. The number of fused-ring (bicyclic) bond motifs is 1. The third kappa shape index (κ3) is 2.68. The summed E-state index contributed by atoms with van der Waals surface area (Å²) >= 11 is 0. The minimum atomic E-state index is -0.218. The standard InChI is InChI=1S/C15H20O2/c1-10-5-4-6-11(2)9-14-13(8-7-10)12(3)15(16)17-14/h5,9,13-14H,3-4,6-8H2,1-2H3/b10-5+,11-9+/t13?,14-/m1/s1. The van der Waals surface area contributed by atoms with Crippen LogP contribution in [0.3, 0.4) is 0 Å². The first kappa shape index (κ1) is 12.2. The lowest BCUT2D eigenvalue weighted by Gasteiger charge is -2.17. The molecule has 0 aromatic rings. The van der Waals surface area contributed by atoms with Crippen molar-refractivity contribution in [3.8, 4) is 0 Å². The van der Waals surface area contributed by atoms with Gasteiger partial charge in [0.2, 0.25) is 0 Å². The highest BCUT2D eigenvalue weighted by Crippen LogP contribution is 2.33. The van der Waals surface area contributed by atoms with E-state index in [4.69, 9.17) is 4.74 Å². The van der Waals surface area contributed by atoms with Crippen molar-refractivity contribution in [1.29, 1.82) is 0 Å². The van der Waals surface area contributed by atoms with Crippen molar-refractivity contribution in [1.82, 2.24) is 0 Å². The van der Waals surface area contributed by atoms with Gasteiger partial charge >= 0.3 is 5.97 Å². The predicted octanol–water partition coefficient (Wildman–Crippen LogP) is 3.55. The van der Waals surface area contributed by atoms with Gasteiger partial charge in [-0.25, -0.2) is 4.79 Å². The molecule has 17 heavy (non-hydrogen) atoms. The van der Waals surface area contributed by atoms with Crippen molar-refractivity contribution in [3.63, 3.8) is 0 Å². The van der Waals surface area contributed by atoms with Crippen LogP contribution in [0.4, 0.5) is 0 Å². The van der Waals surface area contributed by atoms with Crippen molar-refractivity contribution in [2.24, 2.45) is 5.92 Å². The average Bonchev–Trinajstić information content (AvgIpc) is 2.52. The molecule has 2 nitrogen and oxygen atoms in total. The number of hydrogen-bond donors (Lipinski definition) is 0. The molecule has 0 aromatic heterocycles. The Morgan fingerprint density at radius 1 is 1.29 bits per heavy atom. The Bertz CT molecular complexity index is 401. The number of rotatable bonds is 0. The molecule has 0 N–H and O–H groups in total. The van der Waals surface area contributed by atoms with Gasteiger partial charge < -0.3 is 4.74 Å². The van der Waals surface area contributed by atoms with Crippen molar-refractivity contribution in [3.05, 3.63) is 35.5 Å². The average molecular weight is 232 g/mol. The zero-order chi connectivity index (χ0) is 12.4. The summed E-state index contributed by atoms with van der Waals surface area (Å²) in [6.07, 6.45) is 8.45. The van der Waals surface area contributed by atoms with Gasteiger partial charge in [-0.05, 0) is 45.6 Å². The van der Waals surface area contributed by atoms with E-state index in [-0.39, 0.29) is 18.0 Å². The summed E-state index contributed by atoms with van der Waals surface area (Å²) in [5, 5.41) is 0. The van der Waals surface area contributed by atoms with Gasteiger partial charge in [-0.3, -0.25) is 0 Å². The SMILES string of the molecule is C=C1C(=O)O[C@@H]2/C=C(\C)CC/C=C(\C)CCC12. The maximum absolute atomic E-state index is 11.6. The molecular weight excluding hydrogens is 212 g/mol. The summed E-state index contributed by atoms with van der Waals surface area (Å²) in [5.74, 6) is -0.0520. The second-order valence-corrected chi connectivity index (χ2v) is 5.14. The molecule has 2 heteroatoms. The summed E-state index contributed by atoms with van der Waals surface area (Å²) in [6, 6.07) is 0. The number of carbonyl (C=O) groups is 1. The number of ether oxygens (including phenoxy) is 1. The fraction of sp³-hybridized carbons (Fsp3) is 0.533. The van der Waals surface area contributed by atoms with Gasteiger partial charge in [-0.1, -0.05) is 23.8 Å².